The Morgan fingerprint density at radius 1 is 1.25 bits per heavy atom. The maximum atomic E-state index is 11.6. The van der Waals surface area contributed by atoms with Gasteiger partial charge in [0.25, 0.3) is 5.91 Å². The zero-order valence-corrected chi connectivity index (χ0v) is 8.84. The molecule has 16 heavy (non-hydrogen) atoms. The number of amidine groups is 1. The monoisotopic (exact) mass is 212 g/mol. The minimum atomic E-state index is 0.0587. The first-order valence-electron chi connectivity index (χ1n) is 5.44. The normalized spacial score (nSPS) is 23.2. The van der Waals surface area contributed by atoms with Gasteiger partial charge in [-0.25, -0.2) is 0 Å². The Bertz CT molecular complexity index is 476. The van der Waals surface area contributed by atoms with E-state index in [0.717, 1.165) is 12.3 Å². The molecule has 0 bridgehead atoms. The average molecular weight is 212 g/mol. The van der Waals surface area contributed by atoms with Crippen molar-refractivity contribution < 1.29 is 4.79 Å². The second kappa shape index (κ2) is 3.59. The molecule has 0 aromatic heterocycles. The van der Waals surface area contributed by atoms with Gasteiger partial charge in [0.1, 0.15) is 5.84 Å². The summed E-state index contributed by atoms with van der Waals surface area (Å²) in [6, 6.07) is 10.2. The molecule has 0 fully saturated rings. The standard InChI is InChI=1S/C13H12N2O/c16-13-8-4-7-12-14-11(9-15(12)13)10-5-2-1-3-6-10/h1-6,8,11H,7,9H2. The Labute approximate surface area is 94.1 Å². The molecule has 0 saturated carbocycles. The van der Waals surface area contributed by atoms with Crippen LogP contribution < -0.4 is 0 Å². The van der Waals surface area contributed by atoms with Gasteiger partial charge in [-0.05, 0) is 11.6 Å². The smallest absolute Gasteiger partial charge is 0.251 e. The lowest BCUT2D eigenvalue weighted by molar-refractivity contribution is -0.122. The zero-order chi connectivity index (χ0) is 11.0. The molecule has 1 amide bonds. The number of rotatable bonds is 1. The summed E-state index contributed by atoms with van der Waals surface area (Å²) in [5.41, 5.74) is 1.18. The summed E-state index contributed by atoms with van der Waals surface area (Å²) in [5.74, 6) is 0.963. The van der Waals surface area contributed by atoms with Gasteiger partial charge < -0.3 is 0 Å². The molecule has 0 aliphatic carbocycles. The minimum Gasteiger partial charge on any atom is -0.294 e. The van der Waals surface area contributed by atoms with E-state index < -0.39 is 0 Å². The van der Waals surface area contributed by atoms with Crippen molar-refractivity contribution >= 4 is 11.7 Å². The van der Waals surface area contributed by atoms with Crippen molar-refractivity contribution in [3.8, 4) is 0 Å². The van der Waals surface area contributed by atoms with Gasteiger partial charge in [0.2, 0.25) is 0 Å². The molecule has 0 radical (unpaired) electrons. The quantitative estimate of drug-likeness (QED) is 0.700. The lowest BCUT2D eigenvalue weighted by Gasteiger charge is -2.19. The van der Waals surface area contributed by atoms with E-state index in [-0.39, 0.29) is 11.9 Å². The molecule has 3 rings (SSSR count). The van der Waals surface area contributed by atoms with E-state index in [1.807, 2.05) is 24.3 Å². The predicted molar refractivity (Wildman–Crippen MR) is 62.1 cm³/mol. The summed E-state index contributed by atoms with van der Waals surface area (Å²) in [6.45, 7) is 0.683. The Morgan fingerprint density at radius 2 is 2.06 bits per heavy atom. The zero-order valence-electron chi connectivity index (χ0n) is 8.84. The summed E-state index contributed by atoms with van der Waals surface area (Å²) < 4.78 is 0. The van der Waals surface area contributed by atoms with Crippen LogP contribution in [0.5, 0.6) is 0 Å². The fraction of sp³-hybridized carbons (Fsp3) is 0.231. The molecule has 0 saturated heterocycles. The van der Waals surface area contributed by atoms with E-state index in [0.29, 0.717) is 6.54 Å². The molecule has 2 aliphatic rings. The third-order valence-electron chi connectivity index (χ3n) is 2.98. The van der Waals surface area contributed by atoms with Crippen molar-refractivity contribution in [2.45, 2.75) is 12.5 Å². The molecule has 1 unspecified atom stereocenters. The molecular weight excluding hydrogens is 200 g/mol. The van der Waals surface area contributed by atoms with Crippen LogP contribution in [0.4, 0.5) is 0 Å². The number of hydrogen-bond acceptors (Lipinski definition) is 2. The van der Waals surface area contributed by atoms with Gasteiger partial charge in [-0.2, -0.15) is 0 Å². The molecule has 80 valence electrons. The first-order chi connectivity index (χ1) is 7.84. The third kappa shape index (κ3) is 1.45. The molecule has 1 atom stereocenters. The van der Waals surface area contributed by atoms with Gasteiger partial charge in [-0.1, -0.05) is 36.4 Å². The maximum absolute atomic E-state index is 11.6. The number of nitrogens with zero attached hydrogens (tertiary/aromatic N) is 2. The van der Waals surface area contributed by atoms with Crippen molar-refractivity contribution in [3.63, 3.8) is 0 Å². The Kier molecular flexibility index (Phi) is 2.10. The largest absolute Gasteiger partial charge is 0.294 e. The number of benzene rings is 1. The number of amides is 1. The summed E-state index contributed by atoms with van der Waals surface area (Å²) in [6.07, 6.45) is 4.28. The van der Waals surface area contributed by atoms with Crippen LogP contribution in [0.25, 0.3) is 0 Å². The number of fused-ring (bicyclic) bond motifs is 1. The fourth-order valence-corrected chi connectivity index (χ4v) is 2.16. The molecule has 2 aliphatic heterocycles. The van der Waals surface area contributed by atoms with E-state index in [2.05, 4.69) is 17.1 Å². The number of carbonyl (C=O) groups is 1. The lowest BCUT2D eigenvalue weighted by atomic mass is 10.1. The van der Waals surface area contributed by atoms with E-state index in [9.17, 15) is 4.79 Å². The van der Waals surface area contributed by atoms with Crippen molar-refractivity contribution in [3.05, 3.63) is 48.0 Å². The van der Waals surface area contributed by atoms with Crippen LogP contribution in [0, 0.1) is 0 Å². The Balaban J connectivity index is 1.89. The van der Waals surface area contributed by atoms with E-state index in [1.165, 1.54) is 5.56 Å². The molecule has 1 aromatic carbocycles. The van der Waals surface area contributed by atoms with Crippen LogP contribution in [-0.2, 0) is 4.79 Å². The molecule has 3 nitrogen and oxygen atoms in total. The molecule has 3 heteroatoms. The van der Waals surface area contributed by atoms with Crippen molar-refractivity contribution in [2.24, 2.45) is 4.99 Å². The van der Waals surface area contributed by atoms with Gasteiger partial charge in [0, 0.05) is 6.42 Å². The number of hydrogen-bond donors (Lipinski definition) is 0. The highest BCUT2D eigenvalue weighted by Gasteiger charge is 2.30. The predicted octanol–water partition coefficient (Wildman–Crippen LogP) is 1.93. The highest BCUT2D eigenvalue weighted by atomic mass is 16.2. The fourth-order valence-electron chi connectivity index (χ4n) is 2.16. The van der Waals surface area contributed by atoms with Crippen LogP contribution in [0.2, 0.25) is 0 Å². The second-order valence-corrected chi connectivity index (χ2v) is 4.03. The van der Waals surface area contributed by atoms with E-state index in [1.54, 1.807) is 11.0 Å². The van der Waals surface area contributed by atoms with Crippen molar-refractivity contribution in [2.75, 3.05) is 6.54 Å². The first-order valence-corrected chi connectivity index (χ1v) is 5.44. The van der Waals surface area contributed by atoms with Crippen LogP contribution in [0.1, 0.15) is 18.0 Å². The number of aliphatic imine (C=N–C) groups is 1. The van der Waals surface area contributed by atoms with E-state index >= 15 is 0 Å². The van der Waals surface area contributed by atoms with Crippen molar-refractivity contribution in [1.82, 2.24) is 4.90 Å². The van der Waals surface area contributed by atoms with Crippen molar-refractivity contribution in [1.29, 1.82) is 0 Å². The summed E-state index contributed by atoms with van der Waals surface area (Å²) in [4.78, 5) is 18.0. The third-order valence-corrected chi connectivity index (χ3v) is 2.98. The highest BCUT2D eigenvalue weighted by Crippen LogP contribution is 2.27. The second-order valence-electron chi connectivity index (χ2n) is 4.03. The van der Waals surface area contributed by atoms with Crippen LogP contribution in [0.15, 0.2) is 47.5 Å². The summed E-state index contributed by atoms with van der Waals surface area (Å²) in [7, 11) is 0. The minimum absolute atomic E-state index is 0.0587. The number of carbonyl (C=O) groups excluding carboxylic acids is 1. The summed E-state index contributed by atoms with van der Waals surface area (Å²) in [5, 5.41) is 0. The van der Waals surface area contributed by atoms with Gasteiger partial charge in [0.05, 0.1) is 12.6 Å². The Morgan fingerprint density at radius 3 is 2.81 bits per heavy atom. The molecular formula is C13H12N2O. The molecule has 1 aromatic rings. The topological polar surface area (TPSA) is 32.7 Å². The maximum Gasteiger partial charge on any atom is 0.251 e. The average Bonchev–Trinajstić information content (AvgIpc) is 2.76. The first kappa shape index (κ1) is 9.33. The van der Waals surface area contributed by atoms with Gasteiger partial charge >= 0.3 is 0 Å². The van der Waals surface area contributed by atoms with Gasteiger partial charge in [0.15, 0.2) is 0 Å². The Hall–Kier alpha value is -1.90. The highest BCUT2D eigenvalue weighted by molar-refractivity contribution is 6.07. The van der Waals surface area contributed by atoms with Gasteiger partial charge in [-0.3, -0.25) is 14.7 Å². The van der Waals surface area contributed by atoms with Gasteiger partial charge in [-0.15, -0.1) is 0 Å². The summed E-state index contributed by atoms with van der Waals surface area (Å²) >= 11 is 0. The van der Waals surface area contributed by atoms with Crippen LogP contribution in [-0.4, -0.2) is 23.2 Å². The van der Waals surface area contributed by atoms with Crippen LogP contribution in [0.3, 0.4) is 0 Å². The van der Waals surface area contributed by atoms with E-state index in [4.69, 9.17) is 0 Å². The molecule has 0 spiro atoms. The molecule has 0 N–H and O–H groups in total. The molecule has 2 heterocycles. The van der Waals surface area contributed by atoms with Crippen LogP contribution >= 0.6 is 0 Å². The SMILES string of the molecule is O=C1C=CCC2=NC(c3ccccc3)CN12. The lowest BCUT2D eigenvalue weighted by Crippen LogP contribution is -2.35.